The number of aliphatic hydroxyl groups is 1. The lowest BCUT2D eigenvalue weighted by molar-refractivity contribution is 0.212. The minimum Gasteiger partial charge on any atom is -0.497 e. The summed E-state index contributed by atoms with van der Waals surface area (Å²) in [4.78, 5) is 0.269. The maximum atomic E-state index is 13.2. The highest BCUT2D eigenvalue weighted by atomic mass is 32.2. The zero-order valence-electron chi connectivity index (χ0n) is 14.3. The summed E-state index contributed by atoms with van der Waals surface area (Å²) < 4.78 is 31.5. The SMILES string of the molecule is COc1ccc([C@H]2[C@H](S(=O)(=O)c3ccc(C)cc3)[C@@]2(CN)CO)cc1. The molecule has 134 valence electrons. The first-order valence-corrected chi connectivity index (χ1v) is 9.71. The molecule has 2 aromatic carbocycles. The van der Waals surface area contributed by atoms with Crippen LogP contribution in [-0.4, -0.2) is 39.0 Å². The van der Waals surface area contributed by atoms with Gasteiger partial charge < -0.3 is 15.6 Å². The molecule has 0 spiro atoms. The highest BCUT2D eigenvalue weighted by molar-refractivity contribution is 7.92. The van der Waals surface area contributed by atoms with Crippen LogP contribution in [0.4, 0.5) is 0 Å². The summed E-state index contributed by atoms with van der Waals surface area (Å²) in [6.07, 6.45) is 0. The molecule has 2 aromatic rings. The van der Waals surface area contributed by atoms with E-state index in [1.54, 1.807) is 43.5 Å². The van der Waals surface area contributed by atoms with Crippen LogP contribution >= 0.6 is 0 Å². The van der Waals surface area contributed by atoms with Gasteiger partial charge in [0.1, 0.15) is 5.75 Å². The van der Waals surface area contributed by atoms with E-state index in [1.807, 2.05) is 19.1 Å². The lowest BCUT2D eigenvalue weighted by atomic mass is 10.00. The molecule has 0 heterocycles. The molecule has 0 amide bonds. The van der Waals surface area contributed by atoms with Gasteiger partial charge in [-0.2, -0.15) is 0 Å². The van der Waals surface area contributed by atoms with E-state index in [0.717, 1.165) is 11.1 Å². The molecule has 0 bridgehead atoms. The monoisotopic (exact) mass is 361 g/mol. The van der Waals surface area contributed by atoms with Crippen molar-refractivity contribution in [2.75, 3.05) is 20.3 Å². The van der Waals surface area contributed by atoms with Crippen molar-refractivity contribution < 1.29 is 18.3 Å². The third kappa shape index (κ3) is 2.84. The van der Waals surface area contributed by atoms with E-state index in [2.05, 4.69) is 0 Å². The maximum absolute atomic E-state index is 13.2. The number of methoxy groups -OCH3 is 1. The van der Waals surface area contributed by atoms with Gasteiger partial charge in [-0.3, -0.25) is 0 Å². The number of ether oxygens (including phenoxy) is 1. The van der Waals surface area contributed by atoms with Crippen LogP contribution in [0.5, 0.6) is 5.75 Å². The Bertz CT molecular complexity index is 840. The normalized spacial score (nSPS) is 25.6. The molecule has 6 heteroatoms. The third-order valence-corrected chi connectivity index (χ3v) is 7.55. The van der Waals surface area contributed by atoms with Crippen molar-refractivity contribution in [1.29, 1.82) is 0 Å². The molecule has 0 radical (unpaired) electrons. The quantitative estimate of drug-likeness (QED) is 0.820. The van der Waals surface area contributed by atoms with Gasteiger partial charge in [0, 0.05) is 17.9 Å². The first-order valence-electron chi connectivity index (χ1n) is 8.16. The first-order chi connectivity index (χ1) is 11.9. The van der Waals surface area contributed by atoms with Crippen molar-refractivity contribution >= 4 is 9.84 Å². The second-order valence-corrected chi connectivity index (χ2v) is 8.69. The van der Waals surface area contributed by atoms with Gasteiger partial charge in [-0.1, -0.05) is 29.8 Å². The van der Waals surface area contributed by atoms with E-state index < -0.39 is 20.5 Å². The van der Waals surface area contributed by atoms with Gasteiger partial charge in [0.2, 0.25) is 0 Å². The van der Waals surface area contributed by atoms with Crippen molar-refractivity contribution in [2.45, 2.75) is 23.0 Å². The fourth-order valence-corrected chi connectivity index (χ4v) is 6.08. The van der Waals surface area contributed by atoms with Gasteiger partial charge in [-0.05, 0) is 36.8 Å². The van der Waals surface area contributed by atoms with Gasteiger partial charge in [-0.25, -0.2) is 8.42 Å². The van der Waals surface area contributed by atoms with Crippen LogP contribution in [0.25, 0.3) is 0 Å². The molecule has 0 unspecified atom stereocenters. The number of aryl methyl sites for hydroxylation is 1. The molecule has 5 nitrogen and oxygen atoms in total. The smallest absolute Gasteiger partial charge is 0.182 e. The summed E-state index contributed by atoms with van der Waals surface area (Å²) in [6, 6.07) is 14.1. The molecule has 1 aliphatic carbocycles. The van der Waals surface area contributed by atoms with Crippen LogP contribution in [0.15, 0.2) is 53.4 Å². The minimum atomic E-state index is -3.60. The number of hydrogen-bond acceptors (Lipinski definition) is 5. The molecular formula is C19H23NO4S. The largest absolute Gasteiger partial charge is 0.497 e. The molecule has 1 fully saturated rings. The van der Waals surface area contributed by atoms with Gasteiger partial charge in [-0.15, -0.1) is 0 Å². The molecule has 3 rings (SSSR count). The highest BCUT2D eigenvalue weighted by Gasteiger charge is 2.70. The number of aliphatic hydroxyl groups excluding tert-OH is 1. The Morgan fingerprint density at radius 1 is 1.12 bits per heavy atom. The van der Waals surface area contributed by atoms with Crippen molar-refractivity contribution in [2.24, 2.45) is 11.1 Å². The topological polar surface area (TPSA) is 89.6 Å². The highest BCUT2D eigenvalue weighted by Crippen LogP contribution is 2.63. The van der Waals surface area contributed by atoms with Crippen LogP contribution < -0.4 is 10.5 Å². The Labute approximate surface area is 148 Å². The van der Waals surface area contributed by atoms with Gasteiger partial charge in [0.25, 0.3) is 0 Å². The van der Waals surface area contributed by atoms with Gasteiger partial charge in [0.15, 0.2) is 9.84 Å². The van der Waals surface area contributed by atoms with E-state index in [9.17, 15) is 13.5 Å². The summed E-state index contributed by atoms with van der Waals surface area (Å²) in [5, 5.41) is 9.21. The predicted molar refractivity (Wildman–Crippen MR) is 96.5 cm³/mol. The fraction of sp³-hybridized carbons (Fsp3) is 0.368. The fourth-order valence-electron chi connectivity index (χ4n) is 3.63. The molecule has 0 aliphatic heterocycles. The minimum absolute atomic E-state index is 0.107. The number of benzene rings is 2. The van der Waals surface area contributed by atoms with Gasteiger partial charge >= 0.3 is 0 Å². The average molecular weight is 361 g/mol. The molecule has 3 N–H and O–H groups in total. The van der Waals surface area contributed by atoms with Gasteiger partial charge in [0.05, 0.1) is 23.9 Å². The van der Waals surface area contributed by atoms with Crippen LogP contribution in [-0.2, 0) is 9.84 Å². The molecule has 1 aliphatic rings. The van der Waals surface area contributed by atoms with Crippen LogP contribution in [0.2, 0.25) is 0 Å². The van der Waals surface area contributed by atoms with Crippen molar-refractivity contribution in [3.63, 3.8) is 0 Å². The Balaban J connectivity index is 2.02. The number of sulfone groups is 1. The number of nitrogens with two attached hydrogens (primary N) is 1. The zero-order valence-corrected chi connectivity index (χ0v) is 15.2. The van der Waals surface area contributed by atoms with Crippen molar-refractivity contribution in [3.05, 3.63) is 59.7 Å². The molecule has 25 heavy (non-hydrogen) atoms. The molecule has 3 atom stereocenters. The lowest BCUT2D eigenvalue weighted by Crippen LogP contribution is -2.27. The van der Waals surface area contributed by atoms with Crippen molar-refractivity contribution in [1.82, 2.24) is 0 Å². The maximum Gasteiger partial charge on any atom is 0.182 e. The Hall–Kier alpha value is -1.89. The summed E-state index contributed by atoms with van der Waals surface area (Å²) in [5.74, 6) is 0.365. The molecule has 0 aromatic heterocycles. The molecule has 1 saturated carbocycles. The summed E-state index contributed by atoms with van der Waals surface area (Å²) >= 11 is 0. The zero-order chi connectivity index (χ0) is 18.2. The summed E-state index contributed by atoms with van der Waals surface area (Å²) in [6.45, 7) is 1.75. The predicted octanol–water partition coefficient (Wildman–Crippen LogP) is 1.88. The van der Waals surface area contributed by atoms with E-state index >= 15 is 0 Å². The van der Waals surface area contributed by atoms with Crippen LogP contribution in [0.3, 0.4) is 0 Å². The molecular weight excluding hydrogens is 338 g/mol. The Morgan fingerprint density at radius 3 is 2.20 bits per heavy atom. The second kappa shape index (κ2) is 6.44. The van der Waals surface area contributed by atoms with E-state index in [4.69, 9.17) is 10.5 Å². The van der Waals surface area contributed by atoms with E-state index in [1.165, 1.54) is 0 Å². The average Bonchev–Trinajstić information content (AvgIpc) is 3.33. The summed E-state index contributed by atoms with van der Waals surface area (Å²) in [7, 11) is -2.02. The Kier molecular flexibility index (Phi) is 4.62. The number of hydrogen-bond donors (Lipinski definition) is 2. The summed E-state index contributed by atoms with van der Waals surface area (Å²) in [5.41, 5.74) is 6.90. The van der Waals surface area contributed by atoms with E-state index in [-0.39, 0.29) is 24.0 Å². The van der Waals surface area contributed by atoms with Crippen LogP contribution in [0.1, 0.15) is 17.0 Å². The van der Waals surface area contributed by atoms with E-state index in [0.29, 0.717) is 5.75 Å². The number of rotatable bonds is 6. The first kappa shape index (κ1) is 17.9. The third-order valence-electron chi connectivity index (χ3n) is 5.21. The Morgan fingerprint density at radius 2 is 1.72 bits per heavy atom. The van der Waals surface area contributed by atoms with Crippen molar-refractivity contribution in [3.8, 4) is 5.75 Å². The lowest BCUT2D eigenvalue weighted by Gasteiger charge is -2.12. The second-order valence-electron chi connectivity index (χ2n) is 6.62. The molecule has 0 saturated heterocycles. The van der Waals surface area contributed by atoms with Crippen LogP contribution in [0, 0.1) is 12.3 Å². The standard InChI is InChI=1S/C19H23NO4S/c1-13-3-9-16(10-4-13)25(22,23)18-17(19(18,11-20)12-21)14-5-7-15(24-2)8-6-14/h3-10,17-18,21H,11-12,20H2,1-2H3/t17-,18-,19-/m0/s1.